The quantitative estimate of drug-likeness (QED) is 0.921. The summed E-state index contributed by atoms with van der Waals surface area (Å²) in [5, 5.41) is 9.46. The first-order valence-corrected chi connectivity index (χ1v) is 5.59. The highest BCUT2D eigenvalue weighted by atomic mass is 35.5. The molecule has 92 valence electrons. The van der Waals surface area contributed by atoms with Crippen LogP contribution in [0.4, 0.5) is 0 Å². The fraction of sp³-hybridized carbons (Fsp3) is 0.0769. The van der Waals surface area contributed by atoms with Crippen molar-refractivity contribution in [1.29, 1.82) is 0 Å². The molecule has 4 nitrogen and oxygen atoms in total. The lowest BCUT2D eigenvalue weighted by Gasteiger charge is -2.09. The maximum absolute atomic E-state index is 11.0. The third-order valence-electron chi connectivity index (χ3n) is 2.32. The predicted molar refractivity (Wildman–Crippen MR) is 67.0 cm³/mol. The second-order valence-corrected chi connectivity index (χ2v) is 4.03. The molecule has 0 aliphatic carbocycles. The van der Waals surface area contributed by atoms with Gasteiger partial charge in [0.2, 0.25) is 0 Å². The Hall–Kier alpha value is -2.07. The number of rotatable bonds is 4. The van der Waals surface area contributed by atoms with Gasteiger partial charge in [-0.1, -0.05) is 11.6 Å². The molecule has 0 spiro atoms. The van der Waals surface area contributed by atoms with Gasteiger partial charge in [0.1, 0.15) is 17.9 Å². The van der Waals surface area contributed by atoms with Crippen molar-refractivity contribution in [2.45, 2.75) is 6.61 Å². The van der Waals surface area contributed by atoms with Crippen LogP contribution in [0.3, 0.4) is 0 Å². The molecule has 2 rings (SSSR count). The van der Waals surface area contributed by atoms with Gasteiger partial charge in [-0.15, -0.1) is 0 Å². The van der Waals surface area contributed by atoms with Crippen LogP contribution in [-0.4, -0.2) is 16.1 Å². The topological polar surface area (TPSA) is 59.4 Å². The van der Waals surface area contributed by atoms with Crippen LogP contribution in [0.5, 0.6) is 5.75 Å². The molecule has 1 heterocycles. The Labute approximate surface area is 109 Å². The number of hydrogen-bond acceptors (Lipinski definition) is 3. The zero-order chi connectivity index (χ0) is 13.0. The van der Waals surface area contributed by atoms with Crippen LogP contribution in [0, 0.1) is 0 Å². The van der Waals surface area contributed by atoms with Crippen molar-refractivity contribution in [2.75, 3.05) is 0 Å². The number of benzene rings is 1. The smallest absolute Gasteiger partial charge is 0.339 e. The Morgan fingerprint density at radius 2 is 2.00 bits per heavy atom. The first kappa shape index (κ1) is 12.4. The average molecular weight is 264 g/mol. The summed E-state index contributed by atoms with van der Waals surface area (Å²) in [7, 11) is 0. The number of carbonyl (C=O) groups is 1. The minimum atomic E-state index is -1.05. The van der Waals surface area contributed by atoms with Crippen LogP contribution in [0.1, 0.15) is 15.9 Å². The van der Waals surface area contributed by atoms with Crippen LogP contribution in [-0.2, 0) is 6.61 Å². The van der Waals surface area contributed by atoms with E-state index in [0.29, 0.717) is 5.02 Å². The fourth-order valence-electron chi connectivity index (χ4n) is 1.43. The van der Waals surface area contributed by atoms with Gasteiger partial charge in [0.15, 0.2) is 0 Å². The highest BCUT2D eigenvalue weighted by Gasteiger charge is 2.11. The van der Waals surface area contributed by atoms with Crippen LogP contribution in [0.25, 0.3) is 0 Å². The minimum Gasteiger partial charge on any atom is -0.488 e. The van der Waals surface area contributed by atoms with Crippen LogP contribution in [0.2, 0.25) is 5.02 Å². The third kappa shape index (κ3) is 2.99. The highest BCUT2D eigenvalue weighted by molar-refractivity contribution is 6.30. The van der Waals surface area contributed by atoms with Crippen LogP contribution < -0.4 is 4.74 Å². The molecule has 0 saturated heterocycles. The summed E-state index contributed by atoms with van der Waals surface area (Å²) in [6, 6.07) is 8.03. The van der Waals surface area contributed by atoms with Crippen molar-refractivity contribution in [2.24, 2.45) is 0 Å². The molecule has 0 aliphatic heterocycles. The molecule has 2 aromatic rings. The molecule has 18 heavy (non-hydrogen) atoms. The van der Waals surface area contributed by atoms with Gasteiger partial charge in [0, 0.05) is 17.4 Å². The number of aromatic nitrogens is 1. The number of ether oxygens (including phenoxy) is 1. The summed E-state index contributed by atoms with van der Waals surface area (Å²) in [6.07, 6.45) is 3.30. The van der Waals surface area contributed by atoms with E-state index in [-0.39, 0.29) is 17.9 Å². The summed E-state index contributed by atoms with van der Waals surface area (Å²) in [4.78, 5) is 14.9. The molecular weight excluding hydrogens is 254 g/mol. The number of aromatic carboxylic acids is 1. The Balaban J connectivity index is 2.18. The van der Waals surface area contributed by atoms with Gasteiger partial charge in [-0.25, -0.2) is 4.79 Å². The minimum absolute atomic E-state index is 0.0912. The predicted octanol–water partition coefficient (Wildman–Crippen LogP) is 3.01. The lowest BCUT2D eigenvalue weighted by atomic mass is 10.2. The molecule has 1 aromatic carbocycles. The van der Waals surface area contributed by atoms with Crippen molar-refractivity contribution in [3.8, 4) is 5.75 Å². The van der Waals surface area contributed by atoms with E-state index >= 15 is 0 Å². The van der Waals surface area contributed by atoms with Gasteiger partial charge >= 0.3 is 5.97 Å². The van der Waals surface area contributed by atoms with Gasteiger partial charge in [-0.2, -0.15) is 0 Å². The van der Waals surface area contributed by atoms with Crippen molar-refractivity contribution < 1.29 is 14.6 Å². The molecule has 0 amide bonds. The number of carboxylic acid groups (broad SMARTS) is 1. The zero-order valence-electron chi connectivity index (χ0n) is 9.34. The van der Waals surface area contributed by atoms with E-state index in [0.717, 1.165) is 5.56 Å². The SMILES string of the molecule is O=C(O)c1ccc(Cl)cc1OCc1ccncc1. The first-order valence-electron chi connectivity index (χ1n) is 5.21. The van der Waals surface area contributed by atoms with Gasteiger partial charge in [-0.05, 0) is 35.9 Å². The molecule has 0 atom stereocenters. The largest absolute Gasteiger partial charge is 0.488 e. The second kappa shape index (κ2) is 5.51. The van der Waals surface area contributed by atoms with E-state index in [1.807, 2.05) is 0 Å². The number of halogens is 1. The lowest BCUT2D eigenvalue weighted by molar-refractivity contribution is 0.0692. The molecule has 0 fully saturated rings. The average Bonchev–Trinajstić information content (AvgIpc) is 2.37. The molecule has 5 heteroatoms. The molecule has 1 aromatic heterocycles. The van der Waals surface area contributed by atoms with Crippen LogP contribution in [0.15, 0.2) is 42.7 Å². The highest BCUT2D eigenvalue weighted by Crippen LogP contribution is 2.24. The molecule has 0 saturated carbocycles. The van der Waals surface area contributed by atoms with E-state index in [9.17, 15) is 4.79 Å². The Morgan fingerprint density at radius 1 is 1.28 bits per heavy atom. The Bertz CT molecular complexity index is 557. The second-order valence-electron chi connectivity index (χ2n) is 3.59. The number of hydrogen-bond donors (Lipinski definition) is 1. The van der Waals surface area contributed by atoms with Crippen LogP contribution >= 0.6 is 11.6 Å². The van der Waals surface area contributed by atoms with Crippen molar-refractivity contribution in [3.63, 3.8) is 0 Å². The van der Waals surface area contributed by atoms with E-state index in [4.69, 9.17) is 21.4 Å². The molecule has 0 radical (unpaired) electrons. The van der Waals surface area contributed by atoms with Gasteiger partial charge in [0.05, 0.1) is 0 Å². The summed E-state index contributed by atoms with van der Waals surface area (Å²) in [5.41, 5.74) is 0.995. The van der Waals surface area contributed by atoms with Gasteiger partial charge in [0.25, 0.3) is 0 Å². The lowest BCUT2D eigenvalue weighted by Crippen LogP contribution is -2.03. The van der Waals surface area contributed by atoms with Crippen molar-refractivity contribution in [1.82, 2.24) is 4.98 Å². The maximum atomic E-state index is 11.0. The van der Waals surface area contributed by atoms with E-state index in [2.05, 4.69) is 4.98 Å². The molecular formula is C13H10ClNO3. The number of nitrogens with zero attached hydrogens (tertiary/aromatic N) is 1. The monoisotopic (exact) mass is 263 g/mol. The molecule has 0 aliphatic rings. The fourth-order valence-corrected chi connectivity index (χ4v) is 1.59. The molecule has 1 N–H and O–H groups in total. The normalized spacial score (nSPS) is 10.1. The van der Waals surface area contributed by atoms with Crippen molar-refractivity contribution >= 4 is 17.6 Å². The summed E-state index contributed by atoms with van der Waals surface area (Å²) >= 11 is 5.82. The third-order valence-corrected chi connectivity index (χ3v) is 2.55. The van der Waals surface area contributed by atoms with Crippen molar-refractivity contribution in [3.05, 3.63) is 58.9 Å². The molecule has 0 bridgehead atoms. The number of carboxylic acids is 1. The summed E-state index contributed by atoms with van der Waals surface area (Å²) in [5.74, 6) is -0.789. The Morgan fingerprint density at radius 3 is 2.67 bits per heavy atom. The Kier molecular flexibility index (Phi) is 3.79. The first-order chi connectivity index (χ1) is 8.66. The standard InChI is InChI=1S/C13H10ClNO3/c14-10-1-2-11(13(16)17)12(7-10)18-8-9-3-5-15-6-4-9/h1-7H,8H2,(H,16,17). The van der Waals surface area contributed by atoms with E-state index < -0.39 is 5.97 Å². The maximum Gasteiger partial charge on any atom is 0.339 e. The van der Waals surface area contributed by atoms with Gasteiger partial charge < -0.3 is 9.84 Å². The zero-order valence-corrected chi connectivity index (χ0v) is 10.1. The van der Waals surface area contributed by atoms with E-state index in [1.54, 1.807) is 24.5 Å². The van der Waals surface area contributed by atoms with Gasteiger partial charge in [-0.3, -0.25) is 4.98 Å². The summed E-state index contributed by atoms with van der Waals surface area (Å²) < 4.78 is 5.47. The van der Waals surface area contributed by atoms with E-state index in [1.165, 1.54) is 18.2 Å². The molecule has 0 unspecified atom stereocenters. The summed E-state index contributed by atoms with van der Waals surface area (Å²) in [6.45, 7) is 0.267. The number of pyridine rings is 1.